The molecule has 1 fully saturated rings. The number of alkyl halides is 2. The van der Waals surface area contributed by atoms with Crippen molar-refractivity contribution in [2.45, 2.75) is 32.6 Å². The molecule has 1 aliphatic heterocycles. The minimum Gasteiger partial charge on any atom is -0.330 e. The first kappa shape index (κ1) is 11.9. The van der Waals surface area contributed by atoms with Gasteiger partial charge in [-0.15, -0.1) is 0 Å². The van der Waals surface area contributed by atoms with Gasteiger partial charge >= 0.3 is 0 Å². The number of halogens is 2. The quantitative estimate of drug-likeness (QED) is 0.758. The van der Waals surface area contributed by atoms with Crippen LogP contribution in [0.15, 0.2) is 0 Å². The van der Waals surface area contributed by atoms with E-state index in [1.807, 2.05) is 4.90 Å². The maximum atomic E-state index is 12.9. The molecule has 14 heavy (non-hydrogen) atoms. The summed E-state index contributed by atoms with van der Waals surface area (Å²) in [4.78, 5) is 1.84. The van der Waals surface area contributed by atoms with Gasteiger partial charge in [-0.3, -0.25) is 4.90 Å². The third kappa shape index (κ3) is 3.50. The molecule has 1 heterocycles. The molecule has 1 saturated heterocycles. The second kappa shape index (κ2) is 4.11. The highest BCUT2D eigenvalue weighted by Gasteiger charge is 2.39. The van der Waals surface area contributed by atoms with E-state index in [0.29, 0.717) is 13.1 Å². The van der Waals surface area contributed by atoms with Gasteiger partial charge in [0.1, 0.15) is 0 Å². The van der Waals surface area contributed by atoms with Crippen LogP contribution in [-0.2, 0) is 0 Å². The zero-order chi connectivity index (χ0) is 10.8. The average Bonchev–Trinajstić information content (AvgIpc) is 2.28. The molecule has 4 heteroatoms. The van der Waals surface area contributed by atoms with Crippen molar-refractivity contribution < 1.29 is 8.78 Å². The molecule has 84 valence electrons. The van der Waals surface area contributed by atoms with Crippen molar-refractivity contribution in [3.63, 3.8) is 0 Å². The van der Waals surface area contributed by atoms with Crippen LogP contribution in [0.25, 0.3) is 0 Å². The van der Waals surface area contributed by atoms with Gasteiger partial charge in [0.25, 0.3) is 5.92 Å². The van der Waals surface area contributed by atoms with Crippen LogP contribution in [0.2, 0.25) is 0 Å². The lowest BCUT2D eigenvalue weighted by molar-refractivity contribution is 0.00872. The molecule has 0 aromatic heterocycles. The zero-order valence-electron chi connectivity index (χ0n) is 9.02. The fourth-order valence-corrected chi connectivity index (χ4v) is 2.02. The van der Waals surface area contributed by atoms with Crippen LogP contribution in [0.3, 0.4) is 0 Å². The van der Waals surface area contributed by atoms with Gasteiger partial charge in [-0.2, -0.15) is 0 Å². The molecular formula is C10H20F2N2. The van der Waals surface area contributed by atoms with Gasteiger partial charge in [-0.25, -0.2) is 8.78 Å². The molecule has 0 aliphatic carbocycles. The van der Waals surface area contributed by atoms with Crippen molar-refractivity contribution in [2.75, 3.05) is 26.2 Å². The van der Waals surface area contributed by atoms with Gasteiger partial charge in [0.2, 0.25) is 0 Å². The second-order valence-electron chi connectivity index (χ2n) is 5.02. The summed E-state index contributed by atoms with van der Waals surface area (Å²) in [6.45, 7) is 5.94. The molecule has 0 saturated carbocycles. The molecule has 0 spiro atoms. The standard InChI is InChI=1S/C10H20F2N2/c1-9(2,3-5-13)7-14-6-4-10(11,12)8-14/h3-8,13H2,1-2H3. The Morgan fingerprint density at radius 1 is 1.43 bits per heavy atom. The molecule has 2 nitrogen and oxygen atoms in total. The first-order valence-electron chi connectivity index (χ1n) is 5.15. The summed E-state index contributed by atoms with van der Waals surface area (Å²) in [5.41, 5.74) is 5.53. The Labute approximate surface area is 84.4 Å². The van der Waals surface area contributed by atoms with Crippen molar-refractivity contribution in [3.05, 3.63) is 0 Å². The Hall–Kier alpha value is -0.220. The number of nitrogens with zero attached hydrogens (tertiary/aromatic N) is 1. The molecule has 0 atom stereocenters. The zero-order valence-corrected chi connectivity index (χ0v) is 9.02. The predicted octanol–water partition coefficient (Wildman–Crippen LogP) is 1.70. The first-order valence-corrected chi connectivity index (χ1v) is 5.15. The SMILES string of the molecule is CC(C)(CCN)CN1CCC(F)(F)C1. The highest BCUT2D eigenvalue weighted by atomic mass is 19.3. The Balaban J connectivity index is 2.39. The summed E-state index contributed by atoms with van der Waals surface area (Å²) in [7, 11) is 0. The summed E-state index contributed by atoms with van der Waals surface area (Å²) in [6, 6.07) is 0. The predicted molar refractivity (Wildman–Crippen MR) is 53.5 cm³/mol. The van der Waals surface area contributed by atoms with Gasteiger partial charge in [0.05, 0.1) is 6.54 Å². The molecule has 1 aliphatic rings. The first-order chi connectivity index (χ1) is 6.35. The smallest absolute Gasteiger partial charge is 0.261 e. The summed E-state index contributed by atoms with van der Waals surface area (Å²) in [5, 5.41) is 0. The minimum atomic E-state index is -2.47. The maximum Gasteiger partial charge on any atom is 0.261 e. The summed E-state index contributed by atoms with van der Waals surface area (Å²) >= 11 is 0. The van der Waals surface area contributed by atoms with Gasteiger partial charge in [0, 0.05) is 19.5 Å². The number of hydrogen-bond donors (Lipinski definition) is 1. The van der Waals surface area contributed by atoms with E-state index in [4.69, 9.17) is 5.73 Å². The average molecular weight is 206 g/mol. The number of hydrogen-bond acceptors (Lipinski definition) is 2. The van der Waals surface area contributed by atoms with Crippen molar-refractivity contribution in [2.24, 2.45) is 11.1 Å². The van der Waals surface area contributed by atoms with E-state index >= 15 is 0 Å². The van der Waals surface area contributed by atoms with Crippen molar-refractivity contribution in [3.8, 4) is 0 Å². The lowest BCUT2D eigenvalue weighted by Crippen LogP contribution is -2.35. The third-order valence-corrected chi connectivity index (χ3v) is 2.72. The molecule has 1 rings (SSSR count). The molecule has 0 aromatic rings. The summed E-state index contributed by atoms with van der Waals surface area (Å²) in [6.07, 6.45) is 0.890. The Morgan fingerprint density at radius 3 is 2.50 bits per heavy atom. The third-order valence-electron chi connectivity index (χ3n) is 2.72. The monoisotopic (exact) mass is 206 g/mol. The lowest BCUT2D eigenvalue weighted by atomic mass is 9.89. The molecular weight excluding hydrogens is 186 g/mol. The summed E-state index contributed by atoms with van der Waals surface area (Å²) < 4.78 is 25.8. The Bertz CT molecular complexity index is 193. The van der Waals surface area contributed by atoms with Crippen LogP contribution in [-0.4, -0.2) is 37.0 Å². The molecule has 0 unspecified atom stereocenters. The fraction of sp³-hybridized carbons (Fsp3) is 1.00. The molecule has 0 aromatic carbocycles. The van der Waals surface area contributed by atoms with E-state index < -0.39 is 5.92 Å². The molecule has 2 N–H and O–H groups in total. The van der Waals surface area contributed by atoms with E-state index in [-0.39, 0.29) is 18.4 Å². The number of rotatable bonds is 4. The van der Waals surface area contributed by atoms with E-state index in [9.17, 15) is 8.78 Å². The largest absolute Gasteiger partial charge is 0.330 e. The van der Waals surface area contributed by atoms with Crippen LogP contribution in [0.4, 0.5) is 8.78 Å². The van der Waals surface area contributed by atoms with Crippen molar-refractivity contribution >= 4 is 0 Å². The Kier molecular flexibility index (Phi) is 3.48. The highest BCUT2D eigenvalue weighted by molar-refractivity contribution is 4.85. The molecule has 0 bridgehead atoms. The van der Waals surface area contributed by atoms with Crippen molar-refractivity contribution in [1.82, 2.24) is 4.90 Å². The minimum absolute atomic E-state index is 0.00566. The van der Waals surface area contributed by atoms with Crippen LogP contribution >= 0.6 is 0 Å². The van der Waals surface area contributed by atoms with E-state index in [1.54, 1.807) is 0 Å². The Morgan fingerprint density at radius 2 is 2.07 bits per heavy atom. The van der Waals surface area contributed by atoms with Gasteiger partial charge in [0.15, 0.2) is 0 Å². The topological polar surface area (TPSA) is 29.3 Å². The van der Waals surface area contributed by atoms with Crippen molar-refractivity contribution in [1.29, 1.82) is 0 Å². The summed E-state index contributed by atoms with van der Waals surface area (Å²) in [5.74, 6) is -2.47. The van der Waals surface area contributed by atoms with Crippen LogP contribution in [0.1, 0.15) is 26.7 Å². The van der Waals surface area contributed by atoms with E-state index in [1.165, 1.54) is 0 Å². The van der Waals surface area contributed by atoms with E-state index in [0.717, 1.165) is 13.0 Å². The van der Waals surface area contributed by atoms with Crippen LogP contribution < -0.4 is 5.73 Å². The van der Waals surface area contributed by atoms with Gasteiger partial charge in [-0.05, 0) is 18.4 Å². The maximum absolute atomic E-state index is 12.9. The lowest BCUT2D eigenvalue weighted by Gasteiger charge is -2.29. The highest BCUT2D eigenvalue weighted by Crippen LogP contribution is 2.30. The number of likely N-dealkylation sites (tertiary alicyclic amines) is 1. The second-order valence-corrected chi connectivity index (χ2v) is 5.02. The van der Waals surface area contributed by atoms with Crippen LogP contribution in [0, 0.1) is 5.41 Å². The number of nitrogens with two attached hydrogens (primary N) is 1. The van der Waals surface area contributed by atoms with Crippen LogP contribution in [0.5, 0.6) is 0 Å². The van der Waals surface area contributed by atoms with Gasteiger partial charge in [-0.1, -0.05) is 13.8 Å². The normalized spacial score (nSPS) is 22.9. The fourth-order valence-electron chi connectivity index (χ4n) is 2.02. The van der Waals surface area contributed by atoms with Gasteiger partial charge < -0.3 is 5.73 Å². The molecule has 0 radical (unpaired) electrons. The molecule has 0 amide bonds. The van der Waals surface area contributed by atoms with E-state index in [2.05, 4.69) is 13.8 Å².